The van der Waals surface area contributed by atoms with Crippen LogP contribution in [0.5, 0.6) is 0 Å². The molecule has 0 saturated carbocycles. The van der Waals surface area contributed by atoms with Crippen molar-refractivity contribution in [2.75, 3.05) is 6.54 Å². The summed E-state index contributed by atoms with van der Waals surface area (Å²) in [6, 6.07) is 12.8. The number of hydrogen-bond acceptors (Lipinski definition) is 5. The van der Waals surface area contributed by atoms with E-state index in [9.17, 15) is 23.2 Å². The van der Waals surface area contributed by atoms with E-state index in [2.05, 4.69) is 20.4 Å². The maximum absolute atomic E-state index is 14.6. The molecule has 0 saturated heterocycles. The average Bonchev–Trinajstić information content (AvgIpc) is 3.24. The van der Waals surface area contributed by atoms with E-state index in [1.165, 1.54) is 60.4 Å². The highest BCUT2D eigenvalue weighted by molar-refractivity contribution is 6.34. The highest BCUT2D eigenvalue weighted by Crippen LogP contribution is 2.25. The highest BCUT2D eigenvalue weighted by Gasteiger charge is 2.22. The molecule has 2 N–H and O–H groups in total. The predicted molar refractivity (Wildman–Crippen MR) is 141 cm³/mol. The first kappa shape index (κ1) is 26.0. The number of aryl methyl sites for hydroxylation is 2. The smallest absolute Gasteiger partial charge is 0.350 e. The lowest BCUT2D eigenvalue weighted by atomic mass is 9.97. The van der Waals surface area contributed by atoms with Gasteiger partial charge in [0.05, 0.1) is 27.6 Å². The van der Waals surface area contributed by atoms with Crippen molar-refractivity contribution in [3.05, 3.63) is 121 Å². The molecule has 1 atom stereocenters. The second kappa shape index (κ2) is 10.3. The number of fused-ring (bicyclic) bond motifs is 1. The summed E-state index contributed by atoms with van der Waals surface area (Å²) in [5.41, 5.74) is 0.441. The van der Waals surface area contributed by atoms with Gasteiger partial charge in [-0.25, -0.2) is 27.8 Å². The average molecular weight is 551 g/mol. The van der Waals surface area contributed by atoms with E-state index in [0.717, 1.165) is 4.68 Å². The van der Waals surface area contributed by atoms with Crippen molar-refractivity contribution >= 4 is 28.4 Å². The summed E-state index contributed by atoms with van der Waals surface area (Å²) in [6.45, 7) is 1.55. The van der Waals surface area contributed by atoms with Crippen LogP contribution < -0.4 is 16.6 Å². The first-order chi connectivity index (χ1) is 18.6. The molecule has 39 heavy (non-hydrogen) atoms. The van der Waals surface area contributed by atoms with Crippen LogP contribution >= 0.6 is 11.6 Å². The Bertz CT molecular complexity index is 1860. The number of halogens is 3. The van der Waals surface area contributed by atoms with Gasteiger partial charge in [-0.15, -0.1) is 0 Å². The Morgan fingerprint density at radius 1 is 1.13 bits per heavy atom. The van der Waals surface area contributed by atoms with Gasteiger partial charge in [0.25, 0.3) is 11.5 Å². The first-order valence-electron chi connectivity index (χ1n) is 11.8. The van der Waals surface area contributed by atoms with Gasteiger partial charge < -0.3 is 10.3 Å². The van der Waals surface area contributed by atoms with Crippen molar-refractivity contribution in [1.82, 2.24) is 29.6 Å². The van der Waals surface area contributed by atoms with E-state index in [4.69, 9.17) is 11.6 Å². The minimum absolute atomic E-state index is 0.0558. The van der Waals surface area contributed by atoms with E-state index in [1.807, 2.05) is 0 Å². The molecule has 9 nitrogen and oxygen atoms in total. The molecule has 0 aliphatic carbocycles. The van der Waals surface area contributed by atoms with Crippen molar-refractivity contribution in [2.24, 2.45) is 7.05 Å². The molecule has 1 amide bonds. The fraction of sp³-hybridized carbons (Fsp3) is 0.148. The lowest BCUT2D eigenvalue weighted by Crippen LogP contribution is -2.31. The molecule has 0 aliphatic heterocycles. The predicted octanol–water partition coefficient (Wildman–Crippen LogP) is 3.61. The van der Waals surface area contributed by atoms with Gasteiger partial charge in [-0.3, -0.25) is 9.59 Å². The van der Waals surface area contributed by atoms with Crippen LogP contribution in [0.25, 0.3) is 16.6 Å². The van der Waals surface area contributed by atoms with Crippen molar-refractivity contribution < 1.29 is 13.6 Å². The Labute approximate surface area is 224 Å². The van der Waals surface area contributed by atoms with Gasteiger partial charge in [-0.1, -0.05) is 29.8 Å². The number of carbonyl (C=O) groups excluding carboxylic acids is 1. The Kier molecular flexibility index (Phi) is 6.83. The number of carbonyl (C=O) groups is 1. The van der Waals surface area contributed by atoms with E-state index >= 15 is 0 Å². The maximum Gasteiger partial charge on any atom is 0.350 e. The Hall–Kier alpha value is -4.64. The number of aromatic nitrogens is 5. The van der Waals surface area contributed by atoms with Crippen LogP contribution in [0.15, 0.2) is 70.5 Å². The van der Waals surface area contributed by atoms with Crippen LogP contribution in [0.3, 0.4) is 0 Å². The van der Waals surface area contributed by atoms with Gasteiger partial charge in [-0.05, 0) is 54.4 Å². The fourth-order valence-corrected chi connectivity index (χ4v) is 4.60. The van der Waals surface area contributed by atoms with Crippen LogP contribution in [-0.4, -0.2) is 36.8 Å². The number of nitrogens with zero attached hydrogens (tertiary/aromatic N) is 4. The molecule has 198 valence electrons. The molecule has 0 radical (unpaired) electrons. The largest absolute Gasteiger partial charge is 0.351 e. The normalized spacial score (nSPS) is 12.0. The van der Waals surface area contributed by atoms with Crippen LogP contribution in [0, 0.1) is 18.6 Å². The maximum atomic E-state index is 14.6. The summed E-state index contributed by atoms with van der Waals surface area (Å²) in [7, 11) is 1.50. The van der Waals surface area contributed by atoms with Gasteiger partial charge in [0, 0.05) is 13.6 Å². The third-order valence-corrected chi connectivity index (χ3v) is 6.70. The standard InChI is InChI=1S/C27H21ClF2N6O3/c1-14-6-9-21(30)23-22(14)26(38)34-24(33-23)19(15-4-3-5-16(29)10-15)12-31-25(37)18-8-7-17(11-20(18)28)36-13-32-35(2)27(36)39/h3-11,13,19H,12H2,1-2H3,(H,31,37)(H,33,34,38). The third kappa shape index (κ3) is 4.96. The third-order valence-electron chi connectivity index (χ3n) is 6.38. The minimum atomic E-state index is -0.825. The molecular formula is C27H21ClF2N6O3. The minimum Gasteiger partial charge on any atom is -0.351 e. The van der Waals surface area contributed by atoms with Crippen LogP contribution in [0.2, 0.25) is 5.02 Å². The summed E-state index contributed by atoms with van der Waals surface area (Å²) in [5, 5.41) is 6.82. The van der Waals surface area contributed by atoms with E-state index in [1.54, 1.807) is 19.1 Å². The topological polar surface area (TPSA) is 115 Å². The summed E-state index contributed by atoms with van der Waals surface area (Å²) in [4.78, 5) is 45.2. The molecule has 12 heteroatoms. The summed E-state index contributed by atoms with van der Waals surface area (Å²) < 4.78 is 31.2. The van der Waals surface area contributed by atoms with Crippen molar-refractivity contribution in [3.8, 4) is 5.69 Å². The summed E-state index contributed by atoms with van der Waals surface area (Å²) in [6.07, 6.45) is 1.33. The molecule has 2 heterocycles. The fourth-order valence-electron chi connectivity index (χ4n) is 4.34. The SMILES string of the molecule is Cc1ccc(F)c2nc(C(CNC(=O)c3ccc(-n4cnn(C)c4=O)cc3Cl)c3cccc(F)c3)[nH]c(=O)c12. The van der Waals surface area contributed by atoms with E-state index < -0.39 is 29.0 Å². The number of benzene rings is 3. The monoisotopic (exact) mass is 550 g/mol. The molecule has 5 rings (SSSR count). The van der Waals surface area contributed by atoms with E-state index in [0.29, 0.717) is 16.8 Å². The second-order valence-corrected chi connectivity index (χ2v) is 9.34. The Morgan fingerprint density at radius 3 is 2.62 bits per heavy atom. The number of nitrogens with one attached hydrogen (secondary N) is 2. The number of H-pyrrole nitrogens is 1. The number of rotatable bonds is 6. The van der Waals surface area contributed by atoms with Gasteiger partial charge in [0.2, 0.25) is 0 Å². The quantitative estimate of drug-likeness (QED) is 0.335. The zero-order valence-electron chi connectivity index (χ0n) is 20.7. The zero-order chi connectivity index (χ0) is 27.8. The van der Waals surface area contributed by atoms with Crippen LogP contribution in [-0.2, 0) is 7.05 Å². The number of amides is 1. The van der Waals surface area contributed by atoms with Crippen molar-refractivity contribution in [1.29, 1.82) is 0 Å². The Balaban J connectivity index is 1.48. The van der Waals surface area contributed by atoms with Crippen LogP contribution in [0.4, 0.5) is 8.78 Å². The molecule has 1 unspecified atom stereocenters. The molecule has 0 bridgehead atoms. The molecule has 5 aromatic rings. The molecule has 0 spiro atoms. The number of aromatic amines is 1. The van der Waals surface area contributed by atoms with E-state index in [-0.39, 0.29) is 39.5 Å². The molecule has 2 aromatic heterocycles. The zero-order valence-corrected chi connectivity index (χ0v) is 21.5. The molecule has 3 aromatic carbocycles. The first-order valence-corrected chi connectivity index (χ1v) is 12.1. The second-order valence-electron chi connectivity index (χ2n) is 8.93. The molecule has 0 aliphatic rings. The molecule has 0 fully saturated rings. The highest BCUT2D eigenvalue weighted by atomic mass is 35.5. The van der Waals surface area contributed by atoms with Crippen LogP contribution in [0.1, 0.15) is 33.2 Å². The van der Waals surface area contributed by atoms with Gasteiger partial charge in [0.1, 0.15) is 29.3 Å². The lowest BCUT2D eigenvalue weighted by Gasteiger charge is -2.19. The summed E-state index contributed by atoms with van der Waals surface area (Å²) in [5.74, 6) is -2.53. The summed E-state index contributed by atoms with van der Waals surface area (Å²) >= 11 is 6.37. The number of hydrogen-bond donors (Lipinski definition) is 2. The van der Waals surface area contributed by atoms with Gasteiger partial charge in [0.15, 0.2) is 0 Å². The van der Waals surface area contributed by atoms with Crippen molar-refractivity contribution in [3.63, 3.8) is 0 Å². The van der Waals surface area contributed by atoms with Gasteiger partial charge >= 0.3 is 5.69 Å². The Morgan fingerprint density at radius 2 is 1.92 bits per heavy atom. The lowest BCUT2D eigenvalue weighted by molar-refractivity contribution is 0.0952. The van der Waals surface area contributed by atoms with Gasteiger partial charge in [-0.2, -0.15) is 5.10 Å². The van der Waals surface area contributed by atoms with Crippen molar-refractivity contribution in [2.45, 2.75) is 12.8 Å². The molecular weight excluding hydrogens is 530 g/mol.